The third-order valence-electron chi connectivity index (χ3n) is 6.63. The maximum absolute atomic E-state index is 13.0. The smallest absolute Gasteiger partial charge is 0.407 e. The Kier molecular flexibility index (Phi) is 6.64. The molecule has 0 radical (unpaired) electrons. The van der Waals surface area contributed by atoms with Gasteiger partial charge in [0.15, 0.2) is 0 Å². The van der Waals surface area contributed by atoms with E-state index in [2.05, 4.69) is 29.6 Å². The summed E-state index contributed by atoms with van der Waals surface area (Å²) in [7, 11) is 0. The molecule has 2 amide bonds. The summed E-state index contributed by atoms with van der Waals surface area (Å²) in [6.07, 6.45) is 0.411. The molecule has 2 atom stereocenters. The average molecular weight is 465 g/mol. The second-order valence-electron chi connectivity index (χ2n) is 10.3. The van der Waals surface area contributed by atoms with Crippen LogP contribution in [0, 0.1) is 11.3 Å². The molecule has 7 nitrogen and oxygen atoms in total. The van der Waals surface area contributed by atoms with Gasteiger partial charge < -0.3 is 20.1 Å². The predicted molar refractivity (Wildman–Crippen MR) is 128 cm³/mol. The van der Waals surface area contributed by atoms with Gasteiger partial charge in [-0.05, 0) is 40.5 Å². The molecule has 2 unspecified atom stereocenters. The number of alkyl carbamates (subject to hydrolysis) is 1. The fraction of sp³-hybridized carbons (Fsp3) is 0.444. The Hall–Kier alpha value is -3.35. The van der Waals surface area contributed by atoms with Crippen molar-refractivity contribution in [3.05, 3.63) is 59.7 Å². The second-order valence-corrected chi connectivity index (χ2v) is 10.3. The van der Waals surface area contributed by atoms with E-state index >= 15 is 0 Å². The van der Waals surface area contributed by atoms with Crippen LogP contribution in [0.25, 0.3) is 11.1 Å². The van der Waals surface area contributed by atoms with Crippen molar-refractivity contribution in [1.29, 1.82) is 0 Å². The van der Waals surface area contributed by atoms with Gasteiger partial charge in [-0.1, -0.05) is 69.3 Å². The fourth-order valence-electron chi connectivity index (χ4n) is 4.98. The number of likely N-dealkylation sites (tertiary alicyclic amines) is 1. The summed E-state index contributed by atoms with van der Waals surface area (Å²) in [5.74, 6) is -1.77. The number of amides is 2. The zero-order chi connectivity index (χ0) is 24.5. The predicted octanol–water partition coefficient (Wildman–Crippen LogP) is 4.26. The van der Waals surface area contributed by atoms with Crippen molar-refractivity contribution < 1.29 is 24.2 Å². The minimum Gasteiger partial charge on any atom is -0.480 e. The molecule has 0 saturated carbocycles. The first-order chi connectivity index (χ1) is 16.2. The second kappa shape index (κ2) is 9.49. The van der Waals surface area contributed by atoms with E-state index < -0.39 is 24.0 Å². The lowest BCUT2D eigenvalue weighted by Gasteiger charge is -2.41. The van der Waals surface area contributed by atoms with Gasteiger partial charge in [-0.25, -0.2) is 9.59 Å². The lowest BCUT2D eigenvalue weighted by molar-refractivity contribution is -0.159. The van der Waals surface area contributed by atoms with Gasteiger partial charge in [0.1, 0.15) is 12.6 Å². The standard InChI is InChI=1S/C27H32N2O5/c1-27(2,3)14-17(24(30)29-13-12-23(29)25(31)32)15-28-26(33)34-16-22-20-10-6-4-8-18(20)19-9-5-7-11-21(19)22/h4-11,17,22-23H,12-16H2,1-3H3,(H,28,33)(H,31,32). The highest BCUT2D eigenvalue weighted by atomic mass is 16.5. The number of carbonyl (C=O) groups excluding carboxylic acids is 2. The number of benzene rings is 2. The van der Waals surface area contributed by atoms with Gasteiger partial charge >= 0.3 is 12.1 Å². The van der Waals surface area contributed by atoms with Crippen molar-refractivity contribution in [3.8, 4) is 11.1 Å². The number of rotatable bonds is 7. The third-order valence-corrected chi connectivity index (χ3v) is 6.63. The summed E-state index contributed by atoms with van der Waals surface area (Å²) in [6.45, 7) is 6.80. The molecule has 2 aromatic carbocycles. The Morgan fingerprint density at radius 2 is 1.65 bits per heavy atom. The van der Waals surface area contributed by atoms with Gasteiger partial charge in [0, 0.05) is 19.0 Å². The zero-order valence-corrected chi connectivity index (χ0v) is 19.9. The van der Waals surface area contributed by atoms with Crippen molar-refractivity contribution in [1.82, 2.24) is 10.2 Å². The quantitative estimate of drug-likeness (QED) is 0.638. The summed E-state index contributed by atoms with van der Waals surface area (Å²) in [6, 6.07) is 15.5. The van der Waals surface area contributed by atoms with E-state index in [4.69, 9.17) is 4.74 Å². The Morgan fingerprint density at radius 3 is 2.15 bits per heavy atom. The lowest BCUT2D eigenvalue weighted by atomic mass is 9.83. The summed E-state index contributed by atoms with van der Waals surface area (Å²) in [5.41, 5.74) is 4.42. The van der Waals surface area contributed by atoms with Gasteiger partial charge in [-0.15, -0.1) is 0 Å². The van der Waals surface area contributed by atoms with E-state index in [9.17, 15) is 19.5 Å². The highest BCUT2D eigenvalue weighted by Crippen LogP contribution is 2.44. The molecule has 1 aliphatic heterocycles. The van der Waals surface area contributed by atoms with Crippen LogP contribution in [0.5, 0.6) is 0 Å². The third kappa shape index (κ3) is 4.93. The van der Waals surface area contributed by atoms with Crippen LogP contribution in [-0.4, -0.2) is 53.7 Å². The molecule has 2 aliphatic rings. The number of aliphatic carboxylic acids is 1. The molecular formula is C27H32N2O5. The molecular weight excluding hydrogens is 432 g/mol. The number of hydrogen-bond acceptors (Lipinski definition) is 4. The summed E-state index contributed by atoms with van der Waals surface area (Å²) >= 11 is 0. The average Bonchev–Trinajstić information content (AvgIpc) is 3.07. The number of carbonyl (C=O) groups is 3. The number of fused-ring (bicyclic) bond motifs is 3. The number of carboxylic acids is 1. The Balaban J connectivity index is 1.38. The minimum absolute atomic E-state index is 0.0393. The zero-order valence-electron chi connectivity index (χ0n) is 19.9. The first-order valence-electron chi connectivity index (χ1n) is 11.8. The number of ether oxygens (including phenoxy) is 1. The van der Waals surface area contributed by atoms with Crippen LogP contribution in [0.15, 0.2) is 48.5 Å². The van der Waals surface area contributed by atoms with E-state index in [0.717, 1.165) is 22.3 Å². The number of nitrogens with zero attached hydrogens (tertiary/aromatic N) is 1. The molecule has 1 fully saturated rings. The largest absolute Gasteiger partial charge is 0.480 e. The van der Waals surface area contributed by atoms with Crippen LogP contribution >= 0.6 is 0 Å². The first-order valence-corrected chi connectivity index (χ1v) is 11.8. The minimum atomic E-state index is -0.987. The topological polar surface area (TPSA) is 95.9 Å². The molecule has 4 rings (SSSR count). The maximum atomic E-state index is 13.0. The summed E-state index contributed by atoms with van der Waals surface area (Å²) < 4.78 is 5.59. The first kappa shape index (κ1) is 23.8. The van der Waals surface area contributed by atoms with Gasteiger partial charge in [0.05, 0.1) is 5.92 Å². The maximum Gasteiger partial charge on any atom is 0.407 e. The van der Waals surface area contributed by atoms with E-state index in [1.807, 2.05) is 45.0 Å². The van der Waals surface area contributed by atoms with E-state index in [1.54, 1.807) is 0 Å². The van der Waals surface area contributed by atoms with Crippen LogP contribution in [0.3, 0.4) is 0 Å². The van der Waals surface area contributed by atoms with Crippen LogP contribution in [0.4, 0.5) is 4.79 Å². The highest BCUT2D eigenvalue weighted by molar-refractivity contribution is 5.87. The molecule has 2 N–H and O–H groups in total. The molecule has 180 valence electrons. The summed E-state index contributed by atoms with van der Waals surface area (Å²) in [5, 5.41) is 12.1. The molecule has 0 spiro atoms. The van der Waals surface area contributed by atoms with Crippen molar-refractivity contribution in [2.45, 2.75) is 45.6 Å². The number of nitrogens with one attached hydrogen (secondary N) is 1. The van der Waals surface area contributed by atoms with Crippen LogP contribution in [0.2, 0.25) is 0 Å². The van der Waals surface area contributed by atoms with Crippen LogP contribution < -0.4 is 5.32 Å². The lowest BCUT2D eigenvalue weighted by Crippen LogP contribution is -2.58. The number of hydrogen-bond donors (Lipinski definition) is 2. The summed E-state index contributed by atoms with van der Waals surface area (Å²) in [4.78, 5) is 38.4. The van der Waals surface area contributed by atoms with Gasteiger partial charge in [-0.2, -0.15) is 0 Å². The number of carboxylic acid groups (broad SMARTS) is 1. The van der Waals surface area contributed by atoms with E-state index in [1.165, 1.54) is 4.90 Å². The monoisotopic (exact) mass is 464 g/mol. The Bertz CT molecular complexity index is 1040. The van der Waals surface area contributed by atoms with E-state index in [-0.39, 0.29) is 30.4 Å². The SMILES string of the molecule is CC(C)(C)CC(CNC(=O)OCC1c2ccccc2-c2ccccc21)C(=O)N1CCC1C(=O)O. The molecule has 2 aromatic rings. The van der Waals surface area contributed by atoms with Crippen LogP contribution in [0.1, 0.15) is 50.7 Å². The van der Waals surface area contributed by atoms with Gasteiger partial charge in [0.25, 0.3) is 0 Å². The molecule has 34 heavy (non-hydrogen) atoms. The van der Waals surface area contributed by atoms with Crippen molar-refractivity contribution in [2.24, 2.45) is 11.3 Å². The molecule has 7 heteroatoms. The fourth-order valence-corrected chi connectivity index (χ4v) is 4.98. The van der Waals surface area contributed by atoms with Gasteiger partial charge in [-0.3, -0.25) is 4.79 Å². The van der Waals surface area contributed by atoms with Crippen molar-refractivity contribution in [3.63, 3.8) is 0 Å². The van der Waals surface area contributed by atoms with Crippen molar-refractivity contribution in [2.75, 3.05) is 19.7 Å². The molecule has 0 aromatic heterocycles. The van der Waals surface area contributed by atoms with Gasteiger partial charge in [0.2, 0.25) is 5.91 Å². The molecule has 1 heterocycles. The van der Waals surface area contributed by atoms with Crippen LogP contribution in [-0.2, 0) is 14.3 Å². The van der Waals surface area contributed by atoms with Crippen molar-refractivity contribution >= 4 is 18.0 Å². The normalized spacial score (nSPS) is 17.9. The highest BCUT2D eigenvalue weighted by Gasteiger charge is 2.41. The Labute approximate surface area is 200 Å². The molecule has 1 saturated heterocycles. The Morgan fingerprint density at radius 1 is 1.06 bits per heavy atom. The molecule has 1 aliphatic carbocycles. The van der Waals surface area contributed by atoms with E-state index in [0.29, 0.717) is 19.4 Å². The molecule has 0 bridgehead atoms.